The predicted octanol–water partition coefficient (Wildman–Crippen LogP) is 1.98. The molecule has 6 N–H and O–H groups in total. The van der Waals surface area contributed by atoms with Crippen molar-refractivity contribution in [3.63, 3.8) is 0 Å². The first-order chi connectivity index (χ1) is 12.5. The number of phenolic OH excluding ortho intramolecular Hbond substituents is 1. The van der Waals surface area contributed by atoms with Crippen molar-refractivity contribution in [1.82, 2.24) is 15.1 Å². The Kier molecular flexibility index (Phi) is 5.48. The molecular formula is C19H24N6O. The molecule has 0 aliphatic carbocycles. The van der Waals surface area contributed by atoms with E-state index >= 15 is 0 Å². The van der Waals surface area contributed by atoms with E-state index in [1.54, 1.807) is 24.4 Å². The van der Waals surface area contributed by atoms with Crippen LogP contribution in [0.3, 0.4) is 0 Å². The highest BCUT2D eigenvalue weighted by Gasteiger charge is 2.16. The lowest BCUT2D eigenvalue weighted by molar-refractivity contribution is 0.321. The second kappa shape index (κ2) is 7.97. The molecule has 1 aromatic heterocycles. The number of nitrogens with two attached hydrogens (primary N) is 1. The molecule has 1 fully saturated rings. The summed E-state index contributed by atoms with van der Waals surface area (Å²) in [6, 6.07) is 6.64. The summed E-state index contributed by atoms with van der Waals surface area (Å²) >= 11 is 0. The van der Waals surface area contributed by atoms with E-state index < -0.39 is 0 Å². The summed E-state index contributed by atoms with van der Waals surface area (Å²) < 4.78 is 1.88. The summed E-state index contributed by atoms with van der Waals surface area (Å²) in [4.78, 5) is 0. The van der Waals surface area contributed by atoms with Gasteiger partial charge < -0.3 is 21.6 Å². The van der Waals surface area contributed by atoms with Crippen LogP contribution in [0.4, 0.5) is 0 Å². The predicted molar refractivity (Wildman–Crippen MR) is 103 cm³/mol. The normalized spacial score (nSPS) is 15.8. The van der Waals surface area contributed by atoms with Crippen LogP contribution in [0.5, 0.6) is 5.75 Å². The zero-order valence-electron chi connectivity index (χ0n) is 14.6. The number of piperidine rings is 1. The summed E-state index contributed by atoms with van der Waals surface area (Å²) in [6.45, 7) is 2.91. The van der Waals surface area contributed by atoms with Crippen molar-refractivity contribution in [2.75, 3.05) is 13.1 Å². The third-order valence-electron chi connectivity index (χ3n) is 4.62. The standard InChI is InChI=1S/C19H24N6O/c20-17(15-3-1-2-4-18(15)26)9-16(19(21)22)14-10-24-25(12-14)11-13-5-7-23-8-6-13/h1-4,9-10,12-13,20,23,26H,5-8,11H2,(H3,21,22)/b16-9-,20-17?. The van der Waals surface area contributed by atoms with Gasteiger partial charge in [-0.2, -0.15) is 5.10 Å². The van der Waals surface area contributed by atoms with E-state index in [-0.39, 0.29) is 17.3 Å². The van der Waals surface area contributed by atoms with Gasteiger partial charge in [0.15, 0.2) is 0 Å². The van der Waals surface area contributed by atoms with E-state index in [1.807, 2.05) is 10.9 Å². The average molecular weight is 352 g/mol. The number of amidine groups is 1. The molecule has 1 aromatic carbocycles. The van der Waals surface area contributed by atoms with Crippen molar-refractivity contribution in [3.8, 4) is 5.75 Å². The van der Waals surface area contributed by atoms with Crippen LogP contribution in [0, 0.1) is 16.7 Å². The Morgan fingerprint density at radius 1 is 1.31 bits per heavy atom. The number of aromatic nitrogens is 2. The Hall–Kier alpha value is -2.93. The van der Waals surface area contributed by atoms with Gasteiger partial charge in [0, 0.05) is 29.4 Å². The van der Waals surface area contributed by atoms with E-state index in [0.717, 1.165) is 32.5 Å². The minimum absolute atomic E-state index is 0.0262. The van der Waals surface area contributed by atoms with Gasteiger partial charge >= 0.3 is 0 Å². The zero-order chi connectivity index (χ0) is 18.5. The number of phenols is 1. The van der Waals surface area contributed by atoms with Crippen molar-refractivity contribution in [2.45, 2.75) is 19.4 Å². The van der Waals surface area contributed by atoms with Gasteiger partial charge in [-0.25, -0.2) is 0 Å². The first kappa shape index (κ1) is 17.9. The highest BCUT2D eigenvalue weighted by atomic mass is 16.3. The van der Waals surface area contributed by atoms with Gasteiger partial charge in [-0.3, -0.25) is 10.1 Å². The van der Waals surface area contributed by atoms with Crippen LogP contribution in [0.15, 0.2) is 42.7 Å². The van der Waals surface area contributed by atoms with Crippen LogP contribution in [-0.4, -0.2) is 39.5 Å². The van der Waals surface area contributed by atoms with Gasteiger partial charge in [-0.05, 0) is 50.1 Å². The van der Waals surface area contributed by atoms with Crippen LogP contribution in [0.1, 0.15) is 24.0 Å². The molecule has 0 radical (unpaired) electrons. The minimum Gasteiger partial charge on any atom is -0.507 e. The van der Waals surface area contributed by atoms with E-state index in [1.165, 1.54) is 12.1 Å². The lowest BCUT2D eigenvalue weighted by Gasteiger charge is -2.22. The number of para-hydroxylation sites is 1. The van der Waals surface area contributed by atoms with Crippen LogP contribution in [0.25, 0.3) is 5.57 Å². The highest BCUT2D eigenvalue weighted by Crippen LogP contribution is 2.21. The number of allylic oxidation sites excluding steroid dienone is 1. The smallest absolute Gasteiger partial charge is 0.124 e. The van der Waals surface area contributed by atoms with Crippen molar-refractivity contribution in [3.05, 3.63) is 53.9 Å². The molecular weight excluding hydrogens is 328 g/mol. The fourth-order valence-corrected chi connectivity index (χ4v) is 3.17. The van der Waals surface area contributed by atoms with E-state index in [9.17, 15) is 5.11 Å². The summed E-state index contributed by atoms with van der Waals surface area (Å²) in [7, 11) is 0. The Morgan fingerprint density at radius 2 is 2.04 bits per heavy atom. The molecule has 136 valence electrons. The molecule has 1 aliphatic rings. The molecule has 2 aromatic rings. The number of benzene rings is 1. The van der Waals surface area contributed by atoms with Crippen molar-refractivity contribution in [1.29, 1.82) is 10.8 Å². The molecule has 26 heavy (non-hydrogen) atoms. The highest BCUT2D eigenvalue weighted by molar-refractivity contribution is 6.27. The summed E-state index contributed by atoms with van der Waals surface area (Å²) in [5, 5.41) is 33.8. The quantitative estimate of drug-likeness (QED) is 0.403. The number of nitrogens with one attached hydrogen (secondary N) is 3. The number of nitrogens with zero attached hydrogens (tertiary/aromatic N) is 2. The molecule has 7 nitrogen and oxygen atoms in total. The van der Waals surface area contributed by atoms with Crippen LogP contribution < -0.4 is 11.1 Å². The summed E-state index contributed by atoms with van der Waals surface area (Å²) in [5.41, 5.74) is 7.36. The fraction of sp³-hybridized carbons (Fsp3) is 0.316. The molecule has 0 bridgehead atoms. The lowest BCUT2D eigenvalue weighted by Crippen LogP contribution is -2.29. The van der Waals surface area contributed by atoms with Gasteiger partial charge in [0.25, 0.3) is 0 Å². The zero-order valence-corrected chi connectivity index (χ0v) is 14.6. The first-order valence-electron chi connectivity index (χ1n) is 8.71. The maximum Gasteiger partial charge on any atom is 0.124 e. The molecule has 1 aliphatic heterocycles. The molecule has 7 heteroatoms. The second-order valence-electron chi connectivity index (χ2n) is 6.55. The monoisotopic (exact) mass is 352 g/mol. The lowest BCUT2D eigenvalue weighted by atomic mass is 9.98. The maximum atomic E-state index is 9.91. The Bertz CT molecular complexity index is 832. The molecule has 0 saturated carbocycles. The van der Waals surface area contributed by atoms with Crippen molar-refractivity contribution < 1.29 is 5.11 Å². The van der Waals surface area contributed by atoms with Gasteiger partial charge in [0.1, 0.15) is 11.6 Å². The van der Waals surface area contributed by atoms with Crippen LogP contribution in [0.2, 0.25) is 0 Å². The van der Waals surface area contributed by atoms with E-state index in [2.05, 4.69) is 10.4 Å². The molecule has 0 amide bonds. The molecule has 3 rings (SSSR count). The Balaban J connectivity index is 1.81. The third-order valence-corrected chi connectivity index (χ3v) is 4.62. The number of hydrogen-bond acceptors (Lipinski definition) is 5. The van der Waals surface area contributed by atoms with Crippen molar-refractivity contribution >= 4 is 17.1 Å². The Labute approximate surface area is 152 Å². The number of hydrogen-bond donors (Lipinski definition) is 5. The average Bonchev–Trinajstić information content (AvgIpc) is 3.08. The van der Waals surface area contributed by atoms with Gasteiger partial charge in [-0.1, -0.05) is 12.1 Å². The maximum absolute atomic E-state index is 9.91. The molecule has 0 unspecified atom stereocenters. The second-order valence-corrected chi connectivity index (χ2v) is 6.55. The number of rotatable bonds is 6. The minimum atomic E-state index is -0.133. The van der Waals surface area contributed by atoms with Gasteiger partial charge in [-0.15, -0.1) is 0 Å². The van der Waals surface area contributed by atoms with Crippen LogP contribution >= 0.6 is 0 Å². The van der Waals surface area contributed by atoms with E-state index in [0.29, 0.717) is 22.6 Å². The summed E-state index contributed by atoms with van der Waals surface area (Å²) in [5.74, 6) is 0.484. The largest absolute Gasteiger partial charge is 0.507 e. The molecule has 1 saturated heterocycles. The topological polar surface area (TPSA) is 124 Å². The fourth-order valence-electron chi connectivity index (χ4n) is 3.17. The number of aromatic hydroxyl groups is 1. The molecule has 0 spiro atoms. The third kappa shape index (κ3) is 4.18. The van der Waals surface area contributed by atoms with Gasteiger partial charge in [0.05, 0.1) is 11.9 Å². The van der Waals surface area contributed by atoms with Crippen molar-refractivity contribution in [2.24, 2.45) is 11.7 Å². The SMILES string of the molecule is N=C(N)/C(=C\C(=N)c1ccccc1O)c1cnn(CC2CCNCC2)c1. The van der Waals surface area contributed by atoms with E-state index in [4.69, 9.17) is 16.6 Å². The molecule has 2 heterocycles. The first-order valence-corrected chi connectivity index (χ1v) is 8.71. The Morgan fingerprint density at radius 3 is 2.73 bits per heavy atom. The molecule has 0 atom stereocenters. The van der Waals surface area contributed by atoms with Gasteiger partial charge in [0.2, 0.25) is 0 Å². The van der Waals surface area contributed by atoms with Crippen LogP contribution in [-0.2, 0) is 6.54 Å². The summed E-state index contributed by atoms with van der Waals surface area (Å²) in [6.07, 6.45) is 7.30.